The lowest BCUT2D eigenvalue weighted by Gasteiger charge is -2.35. The van der Waals surface area contributed by atoms with Crippen molar-refractivity contribution in [2.75, 3.05) is 26.2 Å². The van der Waals surface area contributed by atoms with Crippen LogP contribution < -0.4 is 5.32 Å². The molecule has 142 valence electrons. The molecule has 0 saturated carbocycles. The highest BCUT2D eigenvalue weighted by atomic mass is 19.4. The zero-order valence-corrected chi connectivity index (χ0v) is 14.4. The average Bonchev–Trinajstić information content (AvgIpc) is 3.12. The number of carbonyl (C=O) groups is 2. The molecule has 0 aromatic heterocycles. The quantitative estimate of drug-likeness (QED) is 0.884. The molecule has 0 radical (unpaired) electrons. The fourth-order valence-electron chi connectivity index (χ4n) is 3.51. The van der Waals surface area contributed by atoms with Crippen molar-refractivity contribution >= 4 is 11.8 Å². The van der Waals surface area contributed by atoms with Gasteiger partial charge in [-0.2, -0.15) is 13.2 Å². The van der Waals surface area contributed by atoms with Gasteiger partial charge in [0.05, 0.1) is 18.0 Å². The van der Waals surface area contributed by atoms with Crippen LogP contribution in [-0.4, -0.2) is 53.8 Å². The number of hydrogen-bond acceptors (Lipinski definition) is 3. The average molecular weight is 369 g/mol. The molecule has 2 fully saturated rings. The van der Waals surface area contributed by atoms with Crippen LogP contribution in [0.15, 0.2) is 24.3 Å². The van der Waals surface area contributed by atoms with Gasteiger partial charge in [-0.3, -0.25) is 14.5 Å². The fourth-order valence-corrected chi connectivity index (χ4v) is 3.51. The number of nitrogens with one attached hydrogen (secondary N) is 1. The summed E-state index contributed by atoms with van der Waals surface area (Å²) in [6.07, 6.45) is -2.40. The molecule has 2 saturated heterocycles. The second kappa shape index (κ2) is 7.65. The van der Waals surface area contributed by atoms with Crippen molar-refractivity contribution in [3.63, 3.8) is 0 Å². The normalized spacial score (nSPS) is 21.7. The van der Waals surface area contributed by atoms with Gasteiger partial charge in [-0.05, 0) is 24.5 Å². The van der Waals surface area contributed by atoms with E-state index in [0.717, 1.165) is 25.0 Å². The Morgan fingerprint density at radius 2 is 1.92 bits per heavy atom. The first-order valence-corrected chi connectivity index (χ1v) is 8.80. The third-order valence-electron chi connectivity index (χ3n) is 4.91. The van der Waals surface area contributed by atoms with Gasteiger partial charge in [-0.15, -0.1) is 0 Å². The molecule has 26 heavy (non-hydrogen) atoms. The van der Waals surface area contributed by atoms with E-state index in [1.807, 2.05) is 0 Å². The smallest absolute Gasteiger partial charge is 0.353 e. The first kappa shape index (κ1) is 18.7. The highest BCUT2D eigenvalue weighted by Crippen LogP contribution is 2.30. The molecule has 1 N–H and O–H groups in total. The number of hydrogen-bond donors (Lipinski definition) is 1. The summed E-state index contributed by atoms with van der Waals surface area (Å²) in [4.78, 5) is 28.2. The van der Waals surface area contributed by atoms with Crippen LogP contribution in [0.1, 0.15) is 30.4 Å². The second-order valence-electron chi connectivity index (χ2n) is 6.77. The third kappa shape index (κ3) is 4.35. The molecule has 0 unspecified atom stereocenters. The van der Waals surface area contributed by atoms with E-state index < -0.39 is 17.8 Å². The molecular formula is C18H22F3N3O2. The van der Waals surface area contributed by atoms with Crippen molar-refractivity contribution in [2.24, 2.45) is 0 Å². The van der Waals surface area contributed by atoms with Crippen LogP contribution in [0.25, 0.3) is 0 Å². The number of nitrogens with zero attached hydrogens (tertiary/aromatic N) is 2. The van der Waals surface area contributed by atoms with Gasteiger partial charge in [-0.25, -0.2) is 0 Å². The summed E-state index contributed by atoms with van der Waals surface area (Å²) < 4.78 is 38.7. The van der Waals surface area contributed by atoms with Crippen LogP contribution in [0.4, 0.5) is 13.2 Å². The zero-order valence-electron chi connectivity index (χ0n) is 14.4. The summed E-state index contributed by atoms with van der Waals surface area (Å²) in [5, 5.41) is 2.75. The van der Waals surface area contributed by atoms with Crippen molar-refractivity contribution in [1.29, 1.82) is 0 Å². The summed E-state index contributed by atoms with van der Waals surface area (Å²) in [5.74, 6) is -0.311. The first-order chi connectivity index (χ1) is 12.3. The van der Waals surface area contributed by atoms with Crippen molar-refractivity contribution in [2.45, 2.75) is 38.0 Å². The summed E-state index contributed by atoms with van der Waals surface area (Å²) in [5.41, 5.74) is -0.227. The maximum Gasteiger partial charge on any atom is 0.416 e. The molecule has 2 heterocycles. The summed E-state index contributed by atoms with van der Waals surface area (Å²) in [6.45, 7) is 2.54. The molecule has 0 aliphatic carbocycles. The molecule has 5 nitrogen and oxygen atoms in total. The lowest BCUT2D eigenvalue weighted by atomic mass is 10.0. The number of piperazine rings is 1. The van der Waals surface area contributed by atoms with Crippen LogP contribution in [0.5, 0.6) is 0 Å². The second-order valence-corrected chi connectivity index (χ2v) is 6.77. The molecule has 2 aliphatic rings. The van der Waals surface area contributed by atoms with Crippen LogP contribution in [0.3, 0.4) is 0 Å². The van der Waals surface area contributed by atoms with Crippen molar-refractivity contribution in [3.8, 4) is 0 Å². The molecule has 2 aliphatic heterocycles. The maximum atomic E-state index is 12.9. The number of amides is 2. The monoisotopic (exact) mass is 369 g/mol. The van der Waals surface area contributed by atoms with E-state index in [4.69, 9.17) is 0 Å². The Kier molecular flexibility index (Phi) is 5.50. The first-order valence-electron chi connectivity index (χ1n) is 8.80. The van der Waals surface area contributed by atoms with Crippen LogP contribution in [-0.2, 0) is 22.3 Å². The van der Waals surface area contributed by atoms with E-state index in [9.17, 15) is 22.8 Å². The number of benzene rings is 1. The van der Waals surface area contributed by atoms with Gasteiger partial charge in [0.2, 0.25) is 11.8 Å². The van der Waals surface area contributed by atoms with Gasteiger partial charge < -0.3 is 10.2 Å². The van der Waals surface area contributed by atoms with E-state index in [-0.39, 0.29) is 24.8 Å². The highest BCUT2D eigenvalue weighted by molar-refractivity contribution is 5.88. The molecule has 3 rings (SSSR count). The number of carbonyl (C=O) groups excluding carboxylic acids is 2. The summed E-state index contributed by atoms with van der Waals surface area (Å²) in [6, 6.07) is 4.46. The van der Waals surface area contributed by atoms with E-state index in [0.29, 0.717) is 31.7 Å². The standard InChI is InChI=1S/C18H22F3N3O2/c19-18(20,21)14-5-3-4-13(10-14)12-24-9-6-22-17(26)15(24)11-16(25)23-7-1-2-8-23/h3-5,10,15H,1-2,6-9,11-12H2,(H,22,26)/t15-/m0/s1. The molecule has 1 atom stereocenters. The molecule has 2 amide bonds. The molecule has 0 bridgehead atoms. The number of likely N-dealkylation sites (tertiary alicyclic amines) is 1. The van der Waals surface area contributed by atoms with E-state index >= 15 is 0 Å². The number of halogens is 3. The van der Waals surface area contributed by atoms with Gasteiger partial charge >= 0.3 is 6.18 Å². The van der Waals surface area contributed by atoms with Gasteiger partial charge in [0, 0.05) is 32.7 Å². The van der Waals surface area contributed by atoms with E-state index in [1.54, 1.807) is 15.9 Å². The Morgan fingerprint density at radius 3 is 2.62 bits per heavy atom. The van der Waals surface area contributed by atoms with Gasteiger partial charge in [-0.1, -0.05) is 18.2 Å². The Balaban J connectivity index is 1.72. The largest absolute Gasteiger partial charge is 0.416 e. The highest BCUT2D eigenvalue weighted by Gasteiger charge is 2.34. The van der Waals surface area contributed by atoms with Crippen LogP contribution in [0.2, 0.25) is 0 Å². The third-order valence-corrected chi connectivity index (χ3v) is 4.91. The lowest BCUT2D eigenvalue weighted by molar-refractivity contribution is -0.138. The Morgan fingerprint density at radius 1 is 1.19 bits per heavy atom. The SMILES string of the molecule is O=C1NCCN(Cc2cccc(C(F)(F)F)c2)[C@H]1CC(=O)N1CCCC1. The zero-order chi connectivity index (χ0) is 18.7. The van der Waals surface area contributed by atoms with E-state index in [2.05, 4.69) is 5.32 Å². The predicted molar refractivity (Wildman–Crippen MR) is 89.1 cm³/mol. The minimum Gasteiger partial charge on any atom is -0.353 e. The Bertz CT molecular complexity index is 672. The molecule has 0 spiro atoms. The van der Waals surface area contributed by atoms with Gasteiger partial charge in [0.1, 0.15) is 0 Å². The van der Waals surface area contributed by atoms with Crippen molar-refractivity contribution in [1.82, 2.24) is 15.1 Å². The minimum atomic E-state index is -4.40. The fraction of sp³-hybridized carbons (Fsp3) is 0.556. The molecular weight excluding hydrogens is 347 g/mol. The van der Waals surface area contributed by atoms with Crippen LogP contribution in [0, 0.1) is 0 Å². The van der Waals surface area contributed by atoms with E-state index in [1.165, 1.54) is 6.07 Å². The Hall–Kier alpha value is -2.09. The topological polar surface area (TPSA) is 52.7 Å². The van der Waals surface area contributed by atoms with Crippen molar-refractivity contribution < 1.29 is 22.8 Å². The van der Waals surface area contributed by atoms with Gasteiger partial charge in [0.15, 0.2) is 0 Å². The molecule has 8 heteroatoms. The molecule has 1 aromatic rings. The van der Waals surface area contributed by atoms with Crippen molar-refractivity contribution in [3.05, 3.63) is 35.4 Å². The maximum absolute atomic E-state index is 12.9. The summed E-state index contributed by atoms with van der Waals surface area (Å²) >= 11 is 0. The van der Waals surface area contributed by atoms with Gasteiger partial charge in [0.25, 0.3) is 0 Å². The Labute approximate surface area is 150 Å². The lowest BCUT2D eigenvalue weighted by Crippen LogP contribution is -2.56. The minimum absolute atomic E-state index is 0.0603. The number of alkyl halides is 3. The van der Waals surface area contributed by atoms with Crippen LogP contribution >= 0.6 is 0 Å². The summed E-state index contributed by atoms with van der Waals surface area (Å²) in [7, 11) is 0. The predicted octanol–water partition coefficient (Wildman–Crippen LogP) is 2.02. The molecule has 1 aromatic carbocycles. The number of rotatable bonds is 4.